The van der Waals surface area contributed by atoms with Gasteiger partial charge in [0.15, 0.2) is 0 Å². The Morgan fingerprint density at radius 3 is 2.37 bits per heavy atom. The normalized spacial score (nSPS) is 11.1. The predicted octanol–water partition coefficient (Wildman–Crippen LogP) is 4.17. The van der Waals surface area contributed by atoms with Gasteiger partial charge < -0.3 is 19.5 Å². The molecule has 146 valence electrons. The predicted molar refractivity (Wildman–Crippen MR) is 106 cm³/mol. The van der Waals surface area contributed by atoms with E-state index in [-0.39, 0.29) is 12.7 Å². The Morgan fingerprint density at radius 2 is 1.78 bits per heavy atom. The van der Waals surface area contributed by atoms with E-state index >= 15 is 0 Å². The molecule has 2 aromatic rings. The molecule has 0 atom stereocenters. The quantitative estimate of drug-likeness (QED) is 0.794. The van der Waals surface area contributed by atoms with Gasteiger partial charge in [-0.25, -0.2) is 4.79 Å². The third kappa shape index (κ3) is 6.61. The first kappa shape index (κ1) is 20.8. The summed E-state index contributed by atoms with van der Waals surface area (Å²) >= 11 is 0. The van der Waals surface area contributed by atoms with Crippen LogP contribution in [-0.2, 0) is 24.3 Å². The van der Waals surface area contributed by atoms with Gasteiger partial charge in [-0.05, 0) is 56.0 Å². The molecule has 5 heteroatoms. The molecular formula is C22H29NO4. The van der Waals surface area contributed by atoms with Crippen LogP contribution in [0.4, 0.5) is 4.79 Å². The number of benzene rings is 2. The van der Waals surface area contributed by atoms with Crippen molar-refractivity contribution in [3.8, 4) is 5.75 Å². The van der Waals surface area contributed by atoms with Gasteiger partial charge in [0.25, 0.3) is 0 Å². The Labute approximate surface area is 161 Å². The maximum absolute atomic E-state index is 12.7. The maximum Gasteiger partial charge on any atom is 0.410 e. The van der Waals surface area contributed by atoms with Crippen molar-refractivity contribution in [1.82, 2.24) is 4.90 Å². The average Bonchev–Trinajstić information content (AvgIpc) is 2.64. The fraction of sp³-hybridized carbons (Fsp3) is 0.409. The molecule has 0 saturated heterocycles. The Kier molecular flexibility index (Phi) is 7.25. The molecule has 2 aromatic carbocycles. The highest BCUT2D eigenvalue weighted by atomic mass is 16.6. The van der Waals surface area contributed by atoms with E-state index in [2.05, 4.69) is 0 Å². The highest BCUT2D eigenvalue weighted by Gasteiger charge is 2.23. The highest BCUT2D eigenvalue weighted by Crippen LogP contribution is 2.21. The van der Waals surface area contributed by atoms with Gasteiger partial charge in [0.05, 0.1) is 13.7 Å². The second-order valence-corrected chi connectivity index (χ2v) is 7.43. The van der Waals surface area contributed by atoms with Crippen molar-refractivity contribution >= 4 is 6.09 Å². The van der Waals surface area contributed by atoms with E-state index in [1.807, 2.05) is 63.2 Å². The molecule has 1 N–H and O–H groups in total. The lowest BCUT2D eigenvalue weighted by molar-refractivity contribution is 0.0234. The fourth-order valence-electron chi connectivity index (χ4n) is 2.71. The number of rotatable bonds is 7. The van der Waals surface area contributed by atoms with Gasteiger partial charge in [0, 0.05) is 13.1 Å². The van der Waals surface area contributed by atoms with Gasteiger partial charge >= 0.3 is 6.09 Å². The fourth-order valence-corrected chi connectivity index (χ4v) is 2.71. The lowest BCUT2D eigenvalue weighted by Crippen LogP contribution is -2.37. The molecule has 0 aromatic heterocycles. The van der Waals surface area contributed by atoms with Crippen molar-refractivity contribution in [3.63, 3.8) is 0 Å². The number of methoxy groups -OCH3 is 1. The van der Waals surface area contributed by atoms with Crippen molar-refractivity contribution in [2.45, 2.75) is 45.9 Å². The number of hydrogen-bond acceptors (Lipinski definition) is 4. The maximum atomic E-state index is 12.7. The molecule has 0 aliphatic heterocycles. The summed E-state index contributed by atoms with van der Waals surface area (Å²) in [4.78, 5) is 14.4. The van der Waals surface area contributed by atoms with E-state index in [0.717, 1.165) is 23.1 Å². The molecule has 0 unspecified atom stereocenters. The van der Waals surface area contributed by atoms with Crippen LogP contribution < -0.4 is 4.74 Å². The van der Waals surface area contributed by atoms with Crippen molar-refractivity contribution in [3.05, 3.63) is 65.2 Å². The molecule has 0 radical (unpaired) electrons. The Hall–Kier alpha value is -2.53. The van der Waals surface area contributed by atoms with E-state index in [9.17, 15) is 9.90 Å². The van der Waals surface area contributed by atoms with Gasteiger partial charge in [-0.3, -0.25) is 0 Å². The minimum absolute atomic E-state index is 0.118. The van der Waals surface area contributed by atoms with Crippen molar-refractivity contribution in [1.29, 1.82) is 0 Å². The van der Waals surface area contributed by atoms with E-state index < -0.39 is 5.60 Å². The number of hydrogen-bond donors (Lipinski definition) is 1. The summed E-state index contributed by atoms with van der Waals surface area (Å²) in [6, 6.07) is 15.5. The van der Waals surface area contributed by atoms with Gasteiger partial charge in [-0.1, -0.05) is 36.4 Å². The molecule has 0 heterocycles. The second-order valence-electron chi connectivity index (χ2n) is 7.43. The van der Waals surface area contributed by atoms with E-state index in [0.29, 0.717) is 18.8 Å². The summed E-state index contributed by atoms with van der Waals surface area (Å²) in [5, 5.41) is 9.69. The van der Waals surface area contributed by atoms with Gasteiger partial charge in [0.2, 0.25) is 0 Å². The van der Waals surface area contributed by atoms with Crippen LogP contribution in [-0.4, -0.2) is 35.4 Å². The summed E-state index contributed by atoms with van der Waals surface area (Å²) in [6.45, 7) is 6.33. The standard InChI is InChI=1S/C22H29NO4/c1-22(2,3)27-21(25)23(13-12-17-8-6-5-7-9-17)15-18-10-11-20(26-4)14-19(18)16-24/h5-11,14,24H,12-13,15-16H2,1-4H3. The van der Waals surface area contributed by atoms with Crippen molar-refractivity contribution in [2.75, 3.05) is 13.7 Å². The molecule has 0 fully saturated rings. The number of nitrogens with zero attached hydrogens (tertiary/aromatic N) is 1. The molecule has 27 heavy (non-hydrogen) atoms. The van der Waals surface area contributed by atoms with E-state index in [1.165, 1.54) is 0 Å². The lowest BCUT2D eigenvalue weighted by atomic mass is 10.1. The average molecular weight is 371 g/mol. The monoisotopic (exact) mass is 371 g/mol. The third-order valence-corrected chi connectivity index (χ3v) is 4.11. The highest BCUT2D eigenvalue weighted by molar-refractivity contribution is 5.68. The zero-order chi connectivity index (χ0) is 19.9. The first-order valence-electron chi connectivity index (χ1n) is 9.11. The minimum Gasteiger partial charge on any atom is -0.497 e. The van der Waals surface area contributed by atoms with Crippen LogP contribution in [0.5, 0.6) is 5.75 Å². The van der Waals surface area contributed by atoms with Crippen LogP contribution in [0.2, 0.25) is 0 Å². The smallest absolute Gasteiger partial charge is 0.410 e. The summed E-state index contributed by atoms with van der Waals surface area (Å²) in [6.07, 6.45) is 0.364. The largest absolute Gasteiger partial charge is 0.497 e. The zero-order valence-corrected chi connectivity index (χ0v) is 16.6. The van der Waals surface area contributed by atoms with Gasteiger partial charge in [0.1, 0.15) is 11.4 Å². The molecule has 0 spiro atoms. The van der Waals surface area contributed by atoms with Crippen molar-refractivity contribution < 1.29 is 19.4 Å². The number of aliphatic hydroxyl groups excluding tert-OH is 1. The number of aliphatic hydroxyl groups is 1. The van der Waals surface area contributed by atoms with Crippen LogP contribution in [0.25, 0.3) is 0 Å². The number of ether oxygens (including phenoxy) is 2. The number of carbonyl (C=O) groups is 1. The number of carbonyl (C=O) groups excluding carboxylic acids is 1. The summed E-state index contributed by atoms with van der Waals surface area (Å²) in [7, 11) is 1.59. The van der Waals surface area contributed by atoms with Crippen LogP contribution in [0.1, 0.15) is 37.5 Å². The van der Waals surface area contributed by atoms with Crippen LogP contribution in [0.3, 0.4) is 0 Å². The molecule has 0 saturated carbocycles. The summed E-state index contributed by atoms with van der Waals surface area (Å²) in [5.74, 6) is 0.677. The topological polar surface area (TPSA) is 59.0 Å². The van der Waals surface area contributed by atoms with Crippen LogP contribution in [0, 0.1) is 0 Å². The van der Waals surface area contributed by atoms with Crippen LogP contribution >= 0.6 is 0 Å². The lowest BCUT2D eigenvalue weighted by Gasteiger charge is -2.28. The molecule has 0 bridgehead atoms. The van der Waals surface area contributed by atoms with Crippen molar-refractivity contribution in [2.24, 2.45) is 0 Å². The minimum atomic E-state index is -0.568. The summed E-state index contributed by atoms with van der Waals surface area (Å²) < 4.78 is 10.8. The Bertz CT molecular complexity index is 738. The first-order valence-corrected chi connectivity index (χ1v) is 9.11. The zero-order valence-electron chi connectivity index (χ0n) is 16.6. The summed E-state index contributed by atoms with van der Waals surface area (Å²) in [5.41, 5.74) is 2.20. The Balaban J connectivity index is 2.19. The third-order valence-electron chi connectivity index (χ3n) is 4.11. The SMILES string of the molecule is COc1ccc(CN(CCc2ccccc2)C(=O)OC(C)(C)C)c(CO)c1. The molecule has 2 rings (SSSR count). The second kappa shape index (κ2) is 9.42. The van der Waals surface area contributed by atoms with E-state index in [4.69, 9.17) is 9.47 Å². The van der Waals surface area contributed by atoms with Gasteiger partial charge in [-0.2, -0.15) is 0 Å². The van der Waals surface area contributed by atoms with E-state index in [1.54, 1.807) is 18.1 Å². The molecular weight excluding hydrogens is 342 g/mol. The molecule has 1 amide bonds. The molecule has 0 aliphatic carbocycles. The first-order chi connectivity index (χ1) is 12.8. The number of amides is 1. The van der Waals surface area contributed by atoms with Crippen LogP contribution in [0.15, 0.2) is 48.5 Å². The molecule has 5 nitrogen and oxygen atoms in total. The molecule has 0 aliphatic rings. The Morgan fingerprint density at radius 1 is 1.07 bits per heavy atom. The van der Waals surface area contributed by atoms with Gasteiger partial charge in [-0.15, -0.1) is 0 Å².